The van der Waals surface area contributed by atoms with Crippen LogP contribution in [0.3, 0.4) is 0 Å². The van der Waals surface area contributed by atoms with E-state index >= 15 is 0 Å². The smallest absolute Gasteiger partial charge is 0.300 e. The van der Waals surface area contributed by atoms with E-state index in [1.165, 1.54) is 31.4 Å². The fourth-order valence-corrected chi connectivity index (χ4v) is 4.84. The normalized spacial score (nSPS) is 13.2. The third kappa shape index (κ3) is 4.15. The average Bonchev–Trinajstić information content (AvgIpc) is 3.36. The highest BCUT2D eigenvalue weighted by molar-refractivity contribution is 7.90. The van der Waals surface area contributed by atoms with Gasteiger partial charge < -0.3 is 14.1 Å². The first kappa shape index (κ1) is 22.7. The number of allylic oxidation sites excluding steroid dienone is 1. The summed E-state index contributed by atoms with van der Waals surface area (Å²) in [7, 11) is 0.167. The van der Waals surface area contributed by atoms with Crippen molar-refractivity contribution in [2.24, 2.45) is 0 Å². The van der Waals surface area contributed by atoms with Crippen molar-refractivity contribution in [1.82, 2.24) is 4.72 Å². The Morgan fingerprint density at radius 1 is 1.09 bits per heavy atom. The van der Waals surface area contributed by atoms with E-state index in [0.717, 1.165) is 6.07 Å². The molecule has 0 saturated heterocycles. The van der Waals surface area contributed by atoms with Crippen molar-refractivity contribution in [2.75, 3.05) is 26.1 Å². The summed E-state index contributed by atoms with van der Waals surface area (Å²) in [6.07, 6.45) is -1.92. The van der Waals surface area contributed by atoms with Crippen molar-refractivity contribution >= 4 is 32.6 Å². The minimum absolute atomic E-state index is 0.0137. The summed E-state index contributed by atoms with van der Waals surface area (Å²) in [5.41, 5.74) is 1.38. The Morgan fingerprint density at radius 2 is 1.76 bits per heavy atom. The molecule has 0 bridgehead atoms. The predicted octanol–water partition coefficient (Wildman–Crippen LogP) is 4.01. The van der Waals surface area contributed by atoms with Gasteiger partial charge in [-0.25, -0.2) is 17.5 Å². The molecule has 11 heteroatoms. The number of nitrogens with one attached hydrogen (secondary N) is 1. The van der Waals surface area contributed by atoms with Gasteiger partial charge in [-0.15, -0.1) is 0 Å². The van der Waals surface area contributed by atoms with Crippen LogP contribution in [0.15, 0.2) is 51.3 Å². The van der Waals surface area contributed by atoms with Crippen LogP contribution in [0.4, 0.5) is 18.9 Å². The predicted molar refractivity (Wildman–Crippen MR) is 115 cm³/mol. The summed E-state index contributed by atoms with van der Waals surface area (Å²) >= 11 is 0. The van der Waals surface area contributed by atoms with Crippen molar-refractivity contribution in [3.05, 3.63) is 64.7 Å². The number of rotatable bonds is 5. The first-order valence-electron chi connectivity index (χ1n) is 9.70. The summed E-state index contributed by atoms with van der Waals surface area (Å²) in [5.74, 6) is -2.25. The van der Waals surface area contributed by atoms with Gasteiger partial charge in [0.1, 0.15) is 22.0 Å². The maximum Gasteiger partial charge on any atom is 0.300 e. The molecule has 33 heavy (non-hydrogen) atoms. The Bertz CT molecular complexity index is 1420. The molecule has 174 valence electrons. The van der Waals surface area contributed by atoms with Crippen molar-refractivity contribution in [2.45, 2.75) is 17.7 Å². The van der Waals surface area contributed by atoms with Gasteiger partial charge in [0.25, 0.3) is 16.1 Å². The molecule has 0 saturated carbocycles. The van der Waals surface area contributed by atoms with Crippen LogP contribution in [0.2, 0.25) is 0 Å². The van der Waals surface area contributed by atoms with Crippen molar-refractivity contribution in [3.63, 3.8) is 0 Å². The standard InChI is InChI=1S/C22H19F3N2O5S/c1-27(2)14-8-16(23)15-10-19(32-17(15)9-14)22(28)26-33(29,30)20-7-12-5-13(21(24)25)4-11(12)6-18(20)31-3/h6-10H,4-5H2,1-3H3,(H,26,28). The van der Waals surface area contributed by atoms with Gasteiger partial charge in [0.05, 0.1) is 12.5 Å². The number of furan rings is 1. The molecule has 0 fully saturated rings. The van der Waals surface area contributed by atoms with Gasteiger partial charge in [-0.2, -0.15) is 8.78 Å². The molecule has 1 aliphatic carbocycles. The first-order chi connectivity index (χ1) is 15.5. The fraction of sp³-hybridized carbons (Fsp3) is 0.227. The minimum Gasteiger partial charge on any atom is -0.495 e. The highest BCUT2D eigenvalue weighted by Crippen LogP contribution is 2.36. The van der Waals surface area contributed by atoms with E-state index in [4.69, 9.17) is 9.15 Å². The molecule has 3 aromatic rings. The third-order valence-corrected chi connectivity index (χ3v) is 6.74. The molecule has 0 atom stereocenters. The summed E-state index contributed by atoms with van der Waals surface area (Å²) in [6.45, 7) is 0. The molecule has 4 rings (SSSR count). The number of fused-ring (bicyclic) bond motifs is 2. The number of ether oxygens (including phenoxy) is 1. The molecule has 1 amide bonds. The zero-order chi connectivity index (χ0) is 24.1. The lowest BCUT2D eigenvalue weighted by Gasteiger charge is -2.12. The Labute approximate surface area is 187 Å². The fourth-order valence-electron chi connectivity index (χ4n) is 3.68. The van der Waals surface area contributed by atoms with Crippen molar-refractivity contribution in [3.8, 4) is 5.75 Å². The Hall–Kier alpha value is -3.47. The number of amides is 1. The quantitative estimate of drug-likeness (QED) is 0.594. The lowest BCUT2D eigenvalue weighted by Crippen LogP contribution is -2.30. The SMILES string of the molecule is COc1cc2c(cc1S(=O)(=O)NC(=O)c1cc3c(F)cc(N(C)C)cc3o1)CC(=C(F)F)C2. The van der Waals surface area contributed by atoms with E-state index in [0.29, 0.717) is 16.8 Å². The second-order valence-electron chi connectivity index (χ2n) is 7.77. The van der Waals surface area contributed by atoms with E-state index < -0.39 is 33.6 Å². The second-order valence-corrected chi connectivity index (χ2v) is 9.42. The number of halogens is 3. The zero-order valence-corrected chi connectivity index (χ0v) is 18.6. The number of carbonyl (C=O) groups excluding carboxylic acids is 1. The summed E-state index contributed by atoms with van der Waals surface area (Å²) in [5, 5.41) is 0.0193. The van der Waals surface area contributed by atoms with Gasteiger partial charge in [-0.3, -0.25) is 4.79 Å². The van der Waals surface area contributed by atoms with Crippen molar-refractivity contribution < 1.29 is 35.5 Å². The van der Waals surface area contributed by atoms with Gasteiger partial charge in [0.15, 0.2) is 5.76 Å². The maximum absolute atomic E-state index is 14.4. The molecule has 7 nitrogen and oxygen atoms in total. The van der Waals surface area contributed by atoms with Gasteiger partial charge in [0.2, 0.25) is 0 Å². The number of hydrogen-bond donors (Lipinski definition) is 1. The van der Waals surface area contributed by atoms with Crippen LogP contribution in [0, 0.1) is 5.82 Å². The highest BCUT2D eigenvalue weighted by Gasteiger charge is 2.29. The lowest BCUT2D eigenvalue weighted by atomic mass is 10.1. The Morgan fingerprint density at radius 3 is 2.36 bits per heavy atom. The van der Waals surface area contributed by atoms with Crippen LogP contribution >= 0.6 is 0 Å². The van der Waals surface area contributed by atoms with Crippen LogP contribution in [-0.2, 0) is 22.9 Å². The Kier molecular flexibility index (Phi) is 5.61. The van der Waals surface area contributed by atoms with Crippen LogP contribution in [0.5, 0.6) is 5.75 Å². The van der Waals surface area contributed by atoms with E-state index in [-0.39, 0.29) is 40.0 Å². The van der Waals surface area contributed by atoms with Crippen LogP contribution in [0.1, 0.15) is 21.7 Å². The number of carbonyl (C=O) groups is 1. The molecule has 0 unspecified atom stereocenters. The molecule has 0 aliphatic heterocycles. The Balaban J connectivity index is 1.67. The monoisotopic (exact) mass is 480 g/mol. The van der Waals surface area contributed by atoms with E-state index in [1.807, 2.05) is 4.72 Å². The molecule has 2 aromatic carbocycles. The lowest BCUT2D eigenvalue weighted by molar-refractivity contribution is 0.0956. The van der Waals surface area contributed by atoms with Gasteiger partial charge in [0, 0.05) is 37.5 Å². The number of benzene rings is 2. The number of anilines is 1. The largest absolute Gasteiger partial charge is 0.495 e. The van der Waals surface area contributed by atoms with Gasteiger partial charge in [-0.1, -0.05) is 0 Å². The molecule has 1 N–H and O–H groups in total. The molecular weight excluding hydrogens is 461 g/mol. The number of nitrogens with zero attached hydrogens (tertiary/aromatic N) is 1. The van der Waals surface area contributed by atoms with E-state index in [9.17, 15) is 26.4 Å². The molecule has 0 radical (unpaired) electrons. The van der Waals surface area contributed by atoms with E-state index in [2.05, 4.69) is 0 Å². The second kappa shape index (κ2) is 8.14. The minimum atomic E-state index is -4.47. The molecule has 1 heterocycles. The maximum atomic E-state index is 14.4. The molecule has 1 aliphatic rings. The third-order valence-electron chi connectivity index (χ3n) is 5.39. The zero-order valence-electron chi connectivity index (χ0n) is 17.8. The molecule has 0 spiro atoms. The van der Waals surface area contributed by atoms with E-state index in [1.54, 1.807) is 19.0 Å². The molecule has 1 aromatic heterocycles. The van der Waals surface area contributed by atoms with Gasteiger partial charge >= 0.3 is 5.91 Å². The first-order valence-corrected chi connectivity index (χ1v) is 11.2. The van der Waals surface area contributed by atoms with Crippen LogP contribution in [0.25, 0.3) is 11.0 Å². The molecular formula is C22H19F3N2O5S. The van der Waals surface area contributed by atoms with Crippen LogP contribution in [-0.4, -0.2) is 35.5 Å². The number of methoxy groups -OCH3 is 1. The van der Waals surface area contributed by atoms with Gasteiger partial charge in [-0.05, 0) is 42.2 Å². The van der Waals surface area contributed by atoms with Crippen LogP contribution < -0.4 is 14.4 Å². The van der Waals surface area contributed by atoms with Crippen molar-refractivity contribution in [1.29, 1.82) is 0 Å². The number of hydrogen-bond acceptors (Lipinski definition) is 6. The topological polar surface area (TPSA) is 88.8 Å². The number of sulfonamides is 1. The summed E-state index contributed by atoms with van der Waals surface area (Å²) in [6, 6.07) is 6.46. The highest BCUT2D eigenvalue weighted by atomic mass is 32.2. The summed E-state index contributed by atoms with van der Waals surface area (Å²) in [4.78, 5) is 13.9. The average molecular weight is 480 g/mol. The summed E-state index contributed by atoms with van der Waals surface area (Å²) < 4.78 is 78.7.